The fraction of sp³-hybridized carbons (Fsp3) is 0. The minimum Gasteiger partial charge on any atom is -0.268 e. The summed E-state index contributed by atoms with van der Waals surface area (Å²) in [5, 5.41) is -0.584. The molecule has 3 nitrogen and oxygen atoms in total. The topological polar surface area (TPSA) is 37.4 Å². The van der Waals surface area contributed by atoms with Crippen molar-refractivity contribution in [3.63, 3.8) is 0 Å². The maximum absolute atomic E-state index is 13.7. The van der Waals surface area contributed by atoms with Crippen LogP contribution in [0.15, 0.2) is 42.5 Å². The number of rotatable bonds is 2. The van der Waals surface area contributed by atoms with Crippen molar-refractivity contribution in [1.29, 1.82) is 0 Å². The number of carbonyl (C=O) groups excluding carboxylic acids is 2. The van der Waals surface area contributed by atoms with Gasteiger partial charge >= 0.3 is 0 Å². The van der Waals surface area contributed by atoms with E-state index < -0.39 is 28.3 Å². The van der Waals surface area contributed by atoms with Gasteiger partial charge in [0.25, 0.3) is 11.1 Å². The molecule has 0 aliphatic heterocycles. The molecule has 7 heteroatoms. The number of amides is 2. The summed E-state index contributed by atoms with van der Waals surface area (Å²) < 4.78 is 27.3. The van der Waals surface area contributed by atoms with Crippen LogP contribution < -0.4 is 4.90 Å². The van der Waals surface area contributed by atoms with Crippen molar-refractivity contribution in [2.24, 2.45) is 0 Å². The van der Waals surface area contributed by atoms with E-state index in [1.807, 2.05) is 0 Å². The monoisotopic (exact) mass is 327 g/mol. The van der Waals surface area contributed by atoms with E-state index in [4.69, 9.17) is 11.6 Å². The fourth-order valence-electron chi connectivity index (χ4n) is 1.72. The van der Waals surface area contributed by atoms with E-state index in [0.717, 1.165) is 18.2 Å². The van der Waals surface area contributed by atoms with Gasteiger partial charge in [-0.1, -0.05) is 30.3 Å². The van der Waals surface area contributed by atoms with Gasteiger partial charge in [-0.15, -0.1) is 0 Å². The second kappa shape index (κ2) is 6.24. The Bertz CT molecular complexity index is 686. The molecule has 0 N–H and O–H groups in total. The van der Waals surface area contributed by atoms with Gasteiger partial charge in [0.15, 0.2) is 0 Å². The average Bonchev–Trinajstić information content (AvgIpc) is 2.40. The van der Waals surface area contributed by atoms with Gasteiger partial charge in [-0.05, 0) is 36.4 Å². The van der Waals surface area contributed by atoms with Crippen molar-refractivity contribution in [3.05, 3.63) is 64.7 Å². The molecule has 108 valence electrons. The first-order valence-corrected chi connectivity index (χ1v) is 6.51. The number of anilines is 1. The van der Waals surface area contributed by atoms with E-state index >= 15 is 0 Å². The lowest BCUT2D eigenvalue weighted by atomic mass is 10.1. The van der Waals surface area contributed by atoms with Crippen LogP contribution in [0.2, 0.25) is 5.02 Å². The van der Waals surface area contributed by atoms with E-state index in [0.29, 0.717) is 9.92 Å². The molecule has 0 fully saturated rings. The average molecular weight is 328 g/mol. The van der Waals surface area contributed by atoms with Gasteiger partial charge in [-0.3, -0.25) is 9.59 Å². The zero-order valence-corrected chi connectivity index (χ0v) is 12.0. The van der Waals surface area contributed by atoms with E-state index in [1.165, 1.54) is 24.3 Å². The van der Waals surface area contributed by atoms with Gasteiger partial charge in [0.05, 0.1) is 5.69 Å². The lowest BCUT2D eigenvalue weighted by Crippen LogP contribution is -2.34. The molecular weight excluding hydrogens is 320 g/mol. The van der Waals surface area contributed by atoms with Crippen LogP contribution in [-0.4, -0.2) is 11.1 Å². The number of nitrogens with zero attached hydrogens (tertiary/aromatic N) is 1. The second-order valence-corrected chi connectivity index (χ2v) is 4.82. The first-order chi connectivity index (χ1) is 9.91. The molecule has 0 aromatic heterocycles. The smallest absolute Gasteiger partial charge is 0.268 e. The molecule has 0 atom stereocenters. The van der Waals surface area contributed by atoms with Gasteiger partial charge in [0.2, 0.25) is 0 Å². The third-order valence-electron chi connectivity index (χ3n) is 2.66. The van der Waals surface area contributed by atoms with Crippen LogP contribution in [0.1, 0.15) is 10.4 Å². The second-order valence-electron chi connectivity index (χ2n) is 4.00. The Morgan fingerprint density at radius 3 is 2.00 bits per heavy atom. The predicted molar refractivity (Wildman–Crippen MR) is 79.0 cm³/mol. The number of hydrogen-bond donors (Lipinski definition) is 1. The number of thiol groups is 1. The Kier molecular flexibility index (Phi) is 4.59. The van der Waals surface area contributed by atoms with Crippen LogP contribution in [0.5, 0.6) is 0 Å². The maximum atomic E-state index is 13.7. The van der Waals surface area contributed by atoms with Crippen molar-refractivity contribution in [3.8, 4) is 0 Å². The van der Waals surface area contributed by atoms with Crippen molar-refractivity contribution in [2.75, 3.05) is 4.90 Å². The van der Waals surface area contributed by atoms with Gasteiger partial charge < -0.3 is 0 Å². The molecule has 0 aliphatic carbocycles. The molecule has 0 saturated heterocycles. The Labute approximate surface area is 129 Å². The van der Waals surface area contributed by atoms with Gasteiger partial charge in [0.1, 0.15) is 17.2 Å². The molecule has 0 spiro atoms. The quantitative estimate of drug-likeness (QED) is 0.834. The molecule has 0 radical (unpaired) electrons. The molecular formula is C14H8ClF2NO2S. The third kappa shape index (κ3) is 3.22. The van der Waals surface area contributed by atoms with Crippen molar-refractivity contribution < 1.29 is 18.4 Å². The predicted octanol–water partition coefficient (Wildman–Crippen LogP) is 4.31. The number of hydrogen-bond acceptors (Lipinski definition) is 2. The summed E-state index contributed by atoms with van der Waals surface area (Å²) in [6.45, 7) is 0. The molecule has 0 aliphatic rings. The summed E-state index contributed by atoms with van der Waals surface area (Å²) in [5.74, 6) is -3.27. The summed E-state index contributed by atoms with van der Waals surface area (Å²) in [5.41, 5.74) is -0.720. The number of imide groups is 1. The van der Waals surface area contributed by atoms with Gasteiger partial charge in [-0.25, -0.2) is 13.7 Å². The minimum atomic E-state index is -1.15. The van der Waals surface area contributed by atoms with E-state index in [2.05, 4.69) is 12.6 Å². The van der Waals surface area contributed by atoms with Gasteiger partial charge in [0, 0.05) is 5.02 Å². The molecule has 0 heterocycles. The minimum absolute atomic E-state index is 0.104. The zero-order valence-electron chi connectivity index (χ0n) is 10.4. The molecule has 2 aromatic carbocycles. The summed E-state index contributed by atoms with van der Waals surface area (Å²) in [4.78, 5) is 24.4. The zero-order chi connectivity index (χ0) is 15.6. The van der Waals surface area contributed by atoms with Crippen LogP contribution in [0.25, 0.3) is 0 Å². The molecule has 2 rings (SSSR count). The van der Waals surface area contributed by atoms with Crippen molar-refractivity contribution in [1.82, 2.24) is 0 Å². The van der Waals surface area contributed by atoms with Crippen LogP contribution in [0, 0.1) is 11.6 Å². The first-order valence-electron chi connectivity index (χ1n) is 5.69. The Morgan fingerprint density at radius 2 is 1.52 bits per heavy atom. The molecule has 2 aromatic rings. The van der Waals surface area contributed by atoms with Crippen molar-refractivity contribution in [2.45, 2.75) is 0 Å². The Balaban J connectivity index is 2.51. The summed E-state index contributed by atoms with van der Waals surface area (Å²) in [6.07, 6.45) is 0. The molecule has 2 amide bonds. The highest BCUT2D eigenvalue weighted by Crippen LogP contribution is 2.23. The Hall–Kier alpha value is -1.92. The van der Waals surface area contributed by atoms with Crippen LogP contribution in [0.4, 0.5) is 19.3 Å². The lowest BCUT2D eigenvalue weighted by Gasteiger charge is -2.19. The highest BCUT2D eigenvalue weighted by atomic mass is 35.5. The van der Waals surface area contributed by atoms with Crippen molar-refractivity contribution >= 4 is 41.1 Å². The molecule has 21 heavy (non-hydrogen) atoms. The Morgan fingerprint density at radius 1 is 1.00 bits per heavy atom. The summed E-state index contributed by atoms with van der Waals surface area (Å²) in [6, 6.07) is 8.59. The van der Waals surface area contributed by atoms with E-state index in [-0.39, 0.29) is 5.69 Å². The lowest BCUT2D eigenvalue weighted by molar-refractivity contribution is 0.0989. The molecule has 0 saturated carbocycles. The van der Waals surface area contributed by atoms with Gasteiger partial charge in [-0.2, -0.15) is 0 Å². The normalized spacial score (nSPS) is 10.3. The highest BCUT2D eigenvalue weighted by Gasteiger charge is 2.27. The van der Waals surface area contributed by atoms with E-state index in [9.17, 15) is 18.4 Å². The third-order valence-corrected chi connectivity index (χ3v) is 3.11. The number of halogens is 3. The SMILES string of the molecule is O=C(S)N(C(=O)c1c(F)cccc1F)c1ccc(Cl)cc1. The fourth-order valence-corrected chi connectivity index (χ4v) is 2.05. The van der Waals surface area contributed by atoms with Crippen LogP contribution in [0.3, 0.4) is 0 Å². The highest BCUT2D eigenvalue weighted by molar-refractivity contribution is 7.97. The van der Waals surface area contributed by atoms with E-state index in [1.54, 1.807) is 0 Å². The number of benzene rings is 2. The van der Waals surface area contributed by atoms with Crippen LogP contribution in [-0.2, 0) is 0 Å². The maximum Gasteiger partial charge on any atom is 0.290 e. The molecule has 0 bridgehead atoms. The molecule has 0 unspecified atom stereocenters. The summed E-state index contributed by atoms with van der Waals surface area (Å²) >= 11 is 9.29. The standard InChI is InChI=1S/C14H8ClF2NO2S/c15-8-4-6-9(7-5-8)18(14(20)21)13(19)12-10(16)2-1-3-11(12)17/h1-7H,(H,20,21). The van der Waals surface area contributed by atoms with Crippen LogP contribution >= 0.6 is 24.2 Å². The summed E-state index contributed by atoms with van der Waals surface area (Å²) in [7, 11) is 0. The largest absolute Gasteiger partial charge is 0.290 e. The number of carbonyl (C=O) groups is 2. The first kappa shape index (κ1) is 15.5.